The minimum absolute atomic E-state index is 0.147. The number of hydrogen-bond donors (Lipinski definition) is 1. The van der Waals surface area contributed by atoms with Gasteiger partial charge < -0.3 is 15.4 Å². The quantitative estimate of drug-likeness (QED) is 0.760. The van der Waals surface area contributed by atoms with E-state index in [0.29, 0.717) is 6.54 Å². The van der Waals surface area contributed by atoms with E-state index in [1.165, 1.54) is 4.90 Å². The van der Waals surface area contributed by atoms with Crippen molar-refractivity contribution in [1.29, 1.82) is 0 Å². The molecular formula is C9H16F2N2O2. The molecule has 88 valence electrons. The molecule has 2 atom stereocenters. The highest BCUT2D eigenvalue weighted by Crippen LogP contribution is 2.23. The van der Waals surface area contributed by atoms with Gasteiger partial charge in [0.2, 0.25) is 6.43 Å². The average molecular weight is 222 g/mol. The van der Waals surface area contributed by atoms with Crippen molar-refractivity contribution < 1.29 is 18.3 Å². The third-order valence-corrected chi connectivity index (χ3v) is 2.56. The summed E-state index contributed by atoms with van der Waals surface area (Å²) in [5.41, 5.74) is 5.57. The molecule has 1 heterocycles. The second-order valence-electron chi connectivity index (χ2n) is 3.60. The van der Waals surface area contributed by atoms with E-state index in [-0.39, 0.29) is 19.6 Å². The number of amides is 1. The summed E-state index contributed by atoms with van der Waals surface area (Å²) < 4.78 is 29.6. The van der Waals surface area contributed by atoms with Crippen molar-refractivity contribution in [3.63, 3.8) is 0 Å². The predicted molar refractivity (Wildman–Crippen MR) is 50.7 cm³/mol. The van der Waals surface area contributed by atoms with Crippen LogP contribution < -0.4 is 5.73 Å². The van der Waals surface area contributed by atoms with Crippen molar-refractivity contribution in [3.8, 4) is 0 Å². The van der Waals surface area contributed by atoms with Crippen molar-refractivity contribution in [2.45, 2.75) is 25.8 Å². The molecule has 2 N–H and O–H groups in total. The molecule has 0 aromatic rings. The zero-order valence-electron chi connectivity index (χ0n) is 8.66. The number of carbonyl (C=O) groups is 1. The van der Waals surface area contributed by atoms with Crippen LogP contribution in [0.15, 0.2) is 0 Å². The van der Waals surface area contributed by atoms with Crippen molar-refractivity contribution >= 4 is 6.09 Å². The van der Waals surface area contributed by atoms with Crippen LogP contribution in [0.5, 0.6) is 0 Å². The van der Waals surface area contributed by atoms with Crippen LogP contribution in [0.3, 0.4) is 0 Å². The van der Waals surface area contributed by atoms with Gasteiger partial charge in [0.05, 0.1) is 6.61 Å². The fourth-order valence-electron chi connectivity index (χ4n) is 1.69. The number of piperidine rings is 1. The highest BCUT2D eigenvalue weighted by atomic mass is 19.3. The Morgan fingerprint density at radius 1 is 1.67 bits per heavy atom. The lowest BCUT2D eigenvalue weighted by Crippen LogP contribution is -2.52. The van der Waals surface area contributed by atoms with Crippen LogP contribution in [0.25, 0.3) is 0 Å². The predicted octanol–water partition coefficient (Wildman–Crippen LogP) is 1.06. The maximum Gasteiger partial charge on any atom is 0.409 e. The van der Waals surface area contributed by atoms with Crippen molar-refractivity contribution in [2.24, 2.45) is 11.7 Å². The number of nitrogens with two attached hydrogens (primary N) is 1. The molecule has 15 heavy (non-hydrogen) atoms. The summed E-state index contributed by atoms with van der Waals surface area (Å²) >= 11 is 0. The zero-order chi connectivity index (χ0) is 11.4. The second kappa shape index (κ2) is 5.25. The number of ether oxygens (including phenoxy) is 1. The van der Waals surface area contributed by atoms with E-state index in [0.717, 1.165) is 0 Å². The first kappa shape index (κ1) is 12.2. The summed E-state index contributed by atoms with van der Waals surface area (Å²) in [6.45, 7) is 2.42. The van der Waals surface area contributed by atoms with E-state index in [4.69, 9.17) is 10.5 Å². The molecular weight excluding hydrogens is 206 g/mol. The molecule has 0 aliphatic carbocycles. The third kappa shape index (κ3) is 3.02. The standard InChI is InChI=1S/C9H16F2N2O2/c1-2-15-9(14)13-4-3-6(8(10)11)7(12)5-13/h6-8H,2-5,12H2,1H3. The Morgan fingerprint density at radius 2 is 2.33 bits per heavy atom. The summed E-state index contributed by atoms with van der Waals surface area (Å²) in [6.07, 6.45) is -2.65. The molecule has 0 aromatic heterocycles. The van der Waals surface area contributed by atoms with Gasteiger partial charge >= 0.3 is 6.09 Å². The van der Waals surface area contributed by atoms with Crippen molar-refractivity contribution in [3.05, 3.63) is 0 Å². The molecule has 1 amide bonds. The van der Waals surface area contributed by atoms with Gasteiger partial charge in [-0.3, -0.25) is 0 Å². The molecule has 1 aliphatic rings. The summed E-state index contributed by atoms with van der Waals surface area (Å²) in [6, 6.07) is -0.664. The van der Waals surface area contributed by atoms with E-state index in [9.17, 15) is 13.6 Å². The van der Waals surface area contributed by atoms with E-state index >= 15 is 0 Å². The lowest BCUT2D eigenvalue weighted by Gasteiger charge is -2.35. The molecule has 1 rings (SSSR count). The van der Waals surface area contributed by atoms with Gasteiger partial charge in [-0.05, 0) is 13.3 Å². The molecule has 0 bridgehead atoms. The third-order valence-electron chi connectivity index (χ3n) is 2.56. The highest BCUT2D eigenvalue weighted by molar-refractivity contribution is 5.67. The van der Waals surface area contributed by atoms with Gasteiger partial charge in [0.25, 0.3) is 0 Å². The van der Waals surface area contributed by atoms with Crippen LogP contribution in [0, 0.1) is 5.92 Å². The molecule has 1 saturated heterocycles. The molecule has 2 unspecified atom stereocenters. The molecule has 0 radical (unpaired) electrons. The molecule has 6 heteroatoms. The number of carbonyl (C=O) groups excluding carboxylic acids is 1. The lowest BCUT2D eigenvalue weighted by atomic mass is 9.93. The normalized spacial score (nSPS) is 26.9. The Kier molecular flexibility index (Phi) is 4.26. The first-order valence-electron chi connectivity index (χ1n) is 5.01. The summed E-state index contributed by atoms with van der Waals surface area (Å²) in [5.74, 6) is -0.810. The zero-order valence-corrected chi connectivity index (χ0v) is 8.66. The monoisotopic (exact) mass is 222 g/mol. The van der Waals surface area contributed by atoms with E-state index < -0.39 is 24.5 Å². The van der Waals surface area contributed by atoms with Crippen molar-refractivity contribution in [2.75, 3.05) is 19.7 Å². The first-order valence-corrected chi connectivity index (χ1v) is 5.01. The number of rotatable bonds is 2. The number of hydrogen-bond acceptors (Lipinski definition) is 3. The van der Waals surface area contributed by atoms with Crippen LogP contribution >= 0.6 is 0 Å². The molecule has 0 aromatic carbocycles. The van der Waals surface area contributed by atoms with Crippen LogP contribution in [0.4, 0.5) is 13.6 Å². The Morgan fingerprint density at radius 3 is 2.80 bits per heavy atom. The Labute approximate surface area is 87.4 Å². The molecule has 0 saturated carbocycles. The van der Waals surface area contributed by atoms with Crippen LogP contribution in [-0.4, -0.2) is 43.2 Å². The van der Waals surface area contributed by atoms with Gasteiger partial charge in [0.1, 0.15) is 0 Å². The Hall–Kier alpha value is -0.910. The number of halogens is 2. The van der Waals surface area contributed by atoms with Gasteiger partial charge in [-0.1, -0.05) is 0 Å². The van der Waals surface area contributed by atoms with Gasteiger partial charge in [0.15, 0.2) is 0 Å². The molecule has 4 nitrogen and oxygen atoms in total. The van der Waals surface area contributed by atoms with E-state index in [2.05, 4.69) is 0 Å². The van der Waals surface area contributed by atoms with E-state index in [1.807, 2.05) is 0 Å². The number of likely N-dealkylation sites (tertiary alicyclic amines) is 1. The first-order chi connectivity index (χ1) is 7.06. The SMILES string of the molecule is CCOC(=O)N1CCC(C(F)F)C(N)C1. The summed E-state index contributed by atoms with van der Waals surface area (Å²) in [5, 5.41) is 0. The Bertz CT molecular complexity index is 226. The lowest BCUT2D eigenvalue weighted by molar-refractivity contribution is 0.0187. The van der Waals surface area contributed by atoms with Gasteiger partial charge in [-0.15, -0.1) is 0 Å². The smallest absolute Gasteiger partial charge is 0.409 e. The van der Waals surface area contributed by atoms with Crippen molar-refractivity contribution in [1.82, 2.24) is 4.90 Å². The van der Waals surface area contributed by atoms with Crippen LogP contribution in [-0.2, 0) is 4.74 Å². The fourth-order valence-corrected chi connectivity index (χ4v) is 1.69. The summed E-state index contributed by atoms with van der Waals surface area (Å²) in [7, 11) is 0. The fraction of sp³-hybridized carbons (Fsp3) is 0.889. The maximum absolute atomic E-state index is 12.4. The van der Waals surface area contributed by atoms with Crippen LogP contribution in [0.2, 0.25) is 0 Å². The van der Waals surface area contributed by atoms with E-state index in [1.54, 1.807) is 6.92 Å². The second-order valence-corrected chi connectivity index (χ2v) is 3.60. The van der Waals surface area contributed by atoms with Gasteiger partial charge in [-0.2, -0.15) is 0 Å². The summed E-state index contributed by atoms with van der Waals surface area (Å²) in [4.78, 5) is 12.7. The number of alkyl halides is 2. The highest BCUT2D eigenvalue weighted by Gasteiger charge is 2.34. The minimum Gasteiger partial charge on any atom is -0.450 e. The average Bonchev–Trinajstić information content (AvgIpc) is 2.17. The number of nitrogens with zero attached hydrogens (tertiary/aromatic N) is 1. The molecule has 1 aliphatic heterocycles. The van der Waals surface area contributed by atoms with Gasteiger partial charge in [-0.25, -0.2) is 13.6 Å². The topological polar surface area (TPSA) is 55.6 Å². The van der Waals surface area contributed by atoms with Gasteiger partial charge in [0, 0.05) is 25.0 Å². The minimum atomic E-state index is -2.41. The molecule has 1 fully saturated rings. The Balaban J connectivity index is 2.47. The maximum atomic E-state index is 12.4. The largest absolute Gasteiger partial charge is 0.450 e. The van der Waals surface area contributed by atoms with Crippen LogP contribution in [0.1, 0.15) is 13.3 Å². The molecule has 0 spiro atoms.